The summed E-state index contributed by atoms with van der Waals surface area (Å²) >= 11 is 1.85. The third-order valence-electron chi connectivity index (χ3n) is 7.72. The number of fused-ring (bicyclic) bond motifs is 4. The summed E-state index contributed by atoms with van der Waals surface area (Å²) in [6.07, 6.45) is 0. The number of thiophene rings is 1. The molecule has 2 nitrogen and oxygen atoms in total. The van der Waals surface area contributed by atoms with Crippen LogP contribution in [0.25, 0.3) is 76.0 Å². The Hall–Kier alpha value is -5.12. The zero-order chi connectivity index (χ0) is 27.2. The fraction of sp³-hybridized carbons (Fsp3) is 0. The predicted octanol–water partition coefficient (Wildman–Crippen LogP) is 10.7. The van der Waals surface area contributed by atoms with Gasteiger partial charge in [0.15, 0.2) is 5.82 Å². The fourth-order valence-corrected chi connectivity index (χ4v) is 6.68. The first-order valence-electron chi connectivity index (χ1n) is 13.7. The molecule has 0 atom stereocenters. The zero-order valence-electron chi connectivity index (χ0n) is 22.2. The highest BCUT2D eigenvalue weighted by atomic mass is 32.1. The van der Waals surface area contributed by atoms with Crippen LogP contribution in [0.15, 0.2) is 146 Å². The molecule has 0 saturated carbocycles. The molecule has 0 N–H and O–H groups in total. The summed E-state index contributed by atoms with van der Waals surface area (Å²) in [6, 6.07) is 51.4. The third-order valence-corrected chi connectivity index (χ3v) is 8.87. The Kier molecular flexibility index (Phi) is 5.68. The molecular formula is C38H24N2S. The lowest BCUT2D eigenvalue weighted by Gasteiger charge is -2.11. The second-order valence-electron chi connectivity index (χ2n) is 10.2. The number of para-hydroxylation sites is 1. The minimum atomic E-state index is 0.733. The molecule has 8 aromatic rings. The van der Waals surface area contributed by atoms with Crippen LogP contribution in [0.2, 0.25) is 0 Å². The highest BCUT2D eigenvalue weighted by molar-refractivity contribution is 7.25. The molecule has 0 saturated heterocycles. The van der Waals surface area contributed by atoms with Gasteiger partial charge in [0.1, 0.15) is 0 Å². The summed E-state index contributed by atoms with van der Waals surface area (Å²) in [5.74, 6) is 0.733. The maximum Gasteiger partial charge on any atom is 0.160 e. The molecule has 192 valence electrons. The molecular weight excluding hydrogens is 516 g/mol. The van der Waals surface area contributed by atoms with Crippen LogP contribution in [0.4, 0.5) is 0 Å². The lowest BCUT2D eigenvalue weighted by Crippen LogP contribution is -1.95. The van der Waals surface area contributed by atoms with E-state index in [-0.39, 0.29) is 0 Å². The summed E-state index contributed by atoms with van der Waals surface area (Å²) in [5, 5.41) is 3.68. The molecule has 0 aliphatic rings. The predicted molar refractivity (Wildman–Crippen MR) is 174 cm³/mol. The Balaban J connectivity index is 1.17. The second-order valence-corrected chi connectivity index (χ2v) is 11.3. The number of rotatable bonds is 4. The molecule has 0 radical (unpaired) electrons. The van der Waals surface area contributed by atoms with Gasteiger partial charge < -0.3 is 0 Å². The molecule has 0 unspecified atom stereocenters. The first-order valence-corrected chi connectivity index (χ1v) is 14.6. The Morgan fingerprint density at radius 3 is 1.73 bits per heavy atom. The van der Waals surface area contributed by atoms with E-state index >= 15 is 0 Å². The van der Waals surface area contributed by atoms with Gasteiger partial charge in [0.25, 0.3) is 0 Å². The van der Waals surface area contributed by atoms with Crippen LogP contribution in [0.1, 0.15) is 0 Å². The van der Waals surface area contributed by atoms with E-state index in [0.717, 1.165) is 33.5 Å². The summed E-state index contributed by atoms with van der Waals surface area (Å²) in [5.41, 5.74) is 8.77. The van der Waals surface area contributed by atoms with Crippen molar-refractivity contribution in [2.24, 2.45) is 0 Å². The van der Waals surface area contributed by atoms with E-state index in [0.29, 0.717) is 0 Å². The Labute approximate surface area is 242 Å². The van der Waals surface area contributed by atoms with Crippen molar-refractivity contribution < 1.29 is 0 Å². The van der Waals surface area contributed by atoms with Crippen LogP contribution in [0.3, 0.4) is 0 Å². The van der Waals surface area contributed by atoms with Crippen LogP contribution in [-0.2, 0) is 0 Å². The van der Waals surface area contributed by atoms with Gasteiger partial charge in [-0.05, 0) is 46.5 Å². The molecule has 0 bridgehead atoms. The average Bonchev–Trinajstić information content (AvgIpc) is 3.43. The van der Waals surface area contributed by atoms with Crippen molar-refractivity contribution in [1.29, 1.82) is 0 Å². The molecule has 6 aromatic carbocycles. The first kappa shape index (κ1) is 23.7. The van der Waals surface area contributed by atoms with Crippen molar-refractivity contribution in [3.8, 4) is 44.9 Å². The number of hydrogen-bond donors (Lipinski definition) is 0. The molecule has 0 aliphatic heterocycles. The maximum absolute atomic E-state index is 5.10. The van der Waals surface area contributed by atoms with Crippen molar-refractivity contribution in [3.63, 3.8) is 0 Å². The first-order chi connectivity index (χ1) is 20.3. The van der Waals surface area contributed by atoms with Gasteiger partial charge in [-0.3, -0.25) is 0 Å². The molecule has 41 heavy (non-hydrogen) atoms. The minimum absolute atomic E-state index is 0.733. The third kappa shape index (κ3) is 4.28. The van der Waals surface area contributed by atoms with Crippen molar-refractivity contribution >= 4 is 42.4 Å². The molecule has 0 amide bonds. The van der Waals surface area contributed by atoms with Gasteiger partial charge in [-0.25, -0.2) is 9.97 Å². The van der Waals surface area contributed by atoms with E-state index in [1.54, 1.807) is 0 Å². The van der Waals surface area contributed by atoms with Gasteiger partial charge in [0, 0.05) is 36.7 Å². The maximum atomic E-state index is 5.10. The van der Waals surface area contributed by atoms with Gasteiger partial charge in [0.05, 0.1) is 11.2 Å². The highest BCUT2D eigenvalue weighted by Gasteiger charge is 2.13. The lowest BCUT2D eigenvalue weighted by atomic mass is 10.00. The van der Waals surface area contributed by atoms with E-state index in [9.17, 15) is 0 Å². The molecule has 8 rings (SSSR count). The highest BCUT2D eigenvalue weighted by Crippen LogP contribution is 2.37. The average molecular weight is 541 g/mol. The monoisotopic (exact) mass is 540 g/mol. The van der Waals surface area contributed by atoms with E-state index in [1.165, 1.54) is 42.4 Å². The summed E-state index contributed by atoms with van der Waals surface area (Å²) in [6.45, 7) is 0. The van der Waals surface area contributed by atoms with Crippen LogP contribution < -0.4 is 0 Å². The minimum Gasteiger partial charge on any atom is -0.228 e. The number of aromatic nitrogens is 2. The molecule has 2 heterocycles. The number of hydrogen-bond acceptors (Lipinski definition) is 3. The van der Waals surface area contributed by atoms with Gasteiger partial charge in [-0.1, -0.05) is 121 Å². The molecule has 0 aliphatic carbocycles. The van der Waals surface area contributed by atoms with Crippen molar-refractivity contribution in [3.05, 3.63) is 146 Å². The van der Waals surface area contributed by atoms with E-state index in [2.05, 4.69) is 133 Å². The quantitative estimate of drug-likeness (QED) is 0.222. The normalized spacial score (nSPS) is 11.4. The smallest absolute Gasteiger partial charge is 0.160 e. The Bertz CT molecular complexity index is 2180. The van der Waals surface area contributed by atoms with Crippen molar-refractivity contribution in [2.75, 3.05) is 0 Å². The molecule has 0 spiro atoms. The Morgan fingerprint density at radius 2 is 0.927 bits per heavy atom. The van der Waals surface area contributed by atoms with Gasteiger partial charge in [-0.15, -0.1) is 11.3 Å². The number of benzene rings is 6. The Morgan fingerprint density at radius 1 is 0.366 bits per heavy atom. The van der Waals surface area contributed by atoms with E-state index in [4.69, 9.17) is 9.97 Å². The van der Waals surface area contributed by atoms with E-state index in [1.807, 2.05) is 23.5 Å². The summed E-state index contributed by atoms with van der Waals surface area (Å²) < 4.78 is 2.65. The largest absolute Gasteiger partial charge is 0.228 e. The molecule has 0 fully saturated rings. The van der Waals surface area contributed by atoms with Crippen LogP contribution >= 0.6 is 11.3 Å². The SMILES string of the molecule is c1ccc(-c2ccc(-c3nc(-c4ccc(-c5ccc6sc7ccccc7c6c5)cc4)nc4ccccc34)cc2)cc1. The second kappa shape index (κ2) is 9.81. The lowest BCUT2D eigenvalue weighted by molar-refractivity contribution is 1.23. The molecule has 2 aromatic heterocycles. The van der Waals surface area contributed by atoms with Gasteiger partial charge in [-0.2, -0.15) is 0 Å². The van der Waals surface area contributed by atoms with Crippen LogP contribution in [-0.4, -0.2) is 9.97 Å². The standard InChI is InChI=1S/C38H24N2S/c1-2-8-25(9-3-1)26-14-18-28(19-15-26)37-32-11-4-6-12-34(32)39-38(40-37)29-20-16-27(17-21-29)30-22-23-36-33(24-30)31-10-5-7-13-35(31)41-36/h1-24H. The molecule has 3 heteroatoms. The van der Waals surface area contributed by atoms with Crippen LogP contribution in [0, 0.1) is 0 Å². The topological polar surface area (TPSA) is 25.8 Å². The van der Waals surface area contributed by atoms with E-state index < -0.39 is 0 Å². The van der Waals surface area contributed by atoms with Crippen molar-refractivity contribution in [2.45, 2.75) is 0 Å². The number of nitrogens with zero attached hydrogens (tertiary/aromatic N) is 2. The fourth-order valence-electron chi connectivity index (χ4n) is 5.59. The van der Waals surface area contributed by atoms with Gasteiger partial charge >= 0.3 is 0 Å². The van der Waals surface area contributed by atoms with Gasteiger partial charge in [0.2, 0.25) is 0 Å². The van der Waals surface area contributed by atoms with Crippen molar-refractivity contribution in [1.82, 2.24) is 9.97 Å². The summed E-state index contributed by atoms with van der Waals surface area (Å²) in [7, 11) is 0. The van der Waals surface area contributed by atoms with Crippen LogP contribution in [0.5, 0.6) is 0 Å². The zero-order valence-corrected chi connectivity index (χ0v) is 23.0. The summed E-state index contributed by atoms with van der Waals surface area (Å²) in [4.78, 5) is 10.1.